The van der Waals surface area contributed by atoms with E-state index in [-0.39, 0.29) is 36.4 Å². The summed E-state index contributed by atoms with van der Waals surface area (Å²) in [6, 6.07) is 5.47. The summed E-state index contributed by atoms with van der Waals surface area (Å²) in [6.45, 7) is 0. The predicted octanol–water partition coefficient (Wildman–Crippen LogP) is 5.91. The predicted molar refractivity (Wildman–Crippen MR) is 87.6 cm³/mol. The van der Waals surface area contributed by atoms with Crippen LogP contribution in [0.5, 0.6) is 5.75 Å². The molecule has 3 nitrogen and oxygen atoms in total. The Balaban J connectivity index is 2.35. The summed E-state index contributed by atoms with van der Waals surface area (Å²) in [6.07, 6.45) is 0. The maximum atomic E-state index is 12.1. The molecule has 8 heteroatoms. The molecule has 0 bridgehead atoms. The second kappa shape index (κ2) is 6.51. The van der Waals surface area contributed by atoms with Crippen molar-refractivity contribution >= 4 is 69.6 Å². The van der Waals surface area contributed by atoms with Gasteiger partial charge in [0.05, 0.1) is 25.7 Å². The molecule has 0 unspecified atom stereocenters. The monoisotopic (exact) mass is 383 g/mol. The molecule has 0 fully saturated rings. The molecule has 0 saturated heterocycles. The quantitative estimate of drug-likeness (QED) is 0.631. The zero-order valence-corrected chi connectivity index (χ0v) is 13.8. The second-order valence-electron chi connectivity index (χ2n) is 3.99. The third kappa shape index (κ3) is 3.68. The molecule has 0 aliphatic rings. The third-order valence-electron chi connectivity index (χ3n) is 2.51. The highest BCUT2D eigenvalue weighted by Gasteiger charge is 2.16. The normalized spacial score (nSPS) is 10.5. The van der Waals surface area contributed by atoms with Gasteiger partial charge in [-0.1, -0.05) is 58.0 Å². The van der Waals surface area contributed by atoms with Gasteiger partial charge in [0, 0.05) is 10.7 Å². The lowest BCUT2D eigenvalue weighted by Crippen LogP contribution is -2.12. The standard InChI is InChI=1S/C13H6Cl5NO2/c14-5-1-7(12(20)10(17)2-5)13(21)19-6-3-8(15)11(18)9(16)4-6/h1-4,20H,(H,19,21). The molecule has 2 aromatic rings. The molecular weight excluding hydrogens is 379 g/mol. The number of nitrogens with one attached hydrogen (secondary N) is 1. The largest absolute Gasteiger partial charge is 0.506 e. The Hall–Kier alpha value is -0.840. The minimum atomic E-state index is -0.619. The SMILES string of the molecule is O=C(Nc1cc(Cl)c(Cl)c(Cl)c1)c1cc(Cl)cc(Cl)c1O. The highest BCUT2D eigenvalue weighted by atomic mass is 35.5. The molecule has 0 spiro atoms. The van der Waals surface area contributed by atoms with Crippen molar-refractivity contribution in [3.63, 3.8) is 0 Å². The maximum Gasteiger partial charge on any atom is 0.259 e. The molecule has 110 valence electrons. The molecule has 0 saturated carbocycles. The fourth-order valence-corrected chi connectivity index (χ4v) is 2.65. The minimum absolute atomic E-state index is 0.0279. The van der Waals surface area contributed by atoms with Gasteiger partial charge in [0.15, 0.2) is 0 Å². The average Bonchev–Trinajstić information content (AvgIpc) is 2.39. The number of hydrogen-bond acceptors (Lipinski definition) is 2. The van der Waals surface area contributed by atoms with E-state index in [4.69, 9.17) is 58.0 Å². The van der Waals surface area contributed by atoms with Gasteiger partial charge in [0.2, 0.25) is 0 Å². The van der Waals surface area contributed by atoms with E-state index in [1.807, 2.05) is 0 Å². The highest BCUT2D eigenvalue weighted by Crippen LogP contribution is 2.35. The Morgan fingerprint density at radius 1 is 0.905 bits per heavy atom. The summed E-state index contributed by atoms with van der Waals surface area (Å²) in [7, 11) is 0. The van der Waals surface area contributed by atoms with Crippen LogP contribution >= 0.6 is 58.0 Å². The molecule has 2 aromatic carbocycles. The van der Waals surface area contributed by atoms with Crippen molar-refractivity contribution in [2.45, 2.75) is 0 Å². The highest BCUT2D eigenvalue weighted by molar-refractivity contribution is 6.48. The number of carbonyl (C=O) groups is 1. The topological polar surface area (TPSA) is 49.3 Å². The minimum Gasteiger partial charge on any atom is -0.506 e. The molecule has 0 aromatic heterocycles. The van der Waals surface area contributed by atoms with Crippen molar-refractivity contribution in [1.29, 1.82) is 0 Å². The van der Waals surface area contributed by atoms with Crippen molar-refractivity contribution in [3.8, 4) is 5.75 Å². The van der Waals surface area contributed by atoms with Crippen LogP contribution in [0.4, 0.5) is 5.69 Å². The van der Waals surface area contributed by atoms with Crippen LogP contribution in [-0.4, -0.2) is 11.0 Å². The Bertz CT molecular complexity index is 710. The molecule has 0 radical (unpaired) electrons. The Kier molecular flexibility index (Phi) is 5.12. The van der Waals surface area contributed by atoms with Gasteiger partial charge in [-0.05, 0) is 24.3 Å². The number of phenols is 1. The molecule has 0 heterocycles. The average molecular weight is 385 g/mol. The number of amides is 1. The number of phenolic OH excluding ortho intramolecular Hbond substituents is 1. The molecule has 0 aliphatic carbocycles. The first-order valence-electron chi connectivity index (χ1n) is 5.43. The van der Waals surface area contributed by atoms with Crippen LogP contribution in [0.15, 0.2) is 24.3 Å². The van der Waals surface area contributed by atoms with Crippen LogP contribution in [0.25, 0.3) is 0 Å². The van der Waals surface area contributed by atoms with E-state index in [0.29, 0.717) is 5.69 Å². The van der Waals surface area contributed by atoms with E-state index in [1.165, 1.54) is 24.3 Å². The van der Waals surface area contributed by atoms with Gasteiger partial charge in [0.25, 0.3) is 5.91 Å². The van der Waals surface area contributed by atoms with Gasteiger partial charge in [-0.25, -0.2) is 0 Å². The Morgan fingerprint density at radius 3 is 2.05 bits per heavy atom. The lowest BCUT2D eigenvalue weighted by molar-refractivity contribution is 0.102. The number of anilines is 1. The van der Waals surface area contributed by atoms with Gasteiger partial charge >= 0.3 is 0 Å². The van der Waals surface area contributed by atoms with Gasteiger partial charge < -0.3 is 10.4 Å². The smallest absolute Gasteiger partial charge is 0.259 e. The second-order valence-corrected chi connectivity index (χ2v) is 6.03. The molecule has 0 atom stereocenters. The van der Waals surface area contributed by atoms with Gasteiger partial charge in [-0.15, -0.1) is 0 Å². The van der Waals surface area contributed by atoms with Crippen LogP contribution in [-0.2, 0) is 0 Å². The summed E-state index contributed by atoms with van der Waals surface area (Å²) in [5.41, 5.74) is 0.240. The van der Waals surface area contributed by atoms with Gasteiger partial charge in [0.1, 0.15) is 5.75 Å². The van der Waals surface area contributed by atoms with Crippen molar-refractivity contribution in [3.05, 3.63) is 54.9 Å². The van der Waals surface area contributed by atoms with Crippen LogP contribution in [0.1, 0.15) is 10.4 Å². The fourth-order valence-electron chi connectivity index (χ4n) is 1.57. The number of halogens is 5. The van der Waals surface area contributed by atoms with E-state index in [9.17, 15) is 9.90 Å². The van der Waals surface area contributed by atoms with Crippen LogP contribution in [0.2, 0.25) is 25.1 Å². The maximum absolute atomic E-state index is 12.1. The Morgan fingerprint density at radius 2 is 1.48 bits per heavy atom. The first-order chi connectivity index (χ1) is 9.79. The summed E-state index contributed by atoms with van der Waals surface area (Å²) < 4.78 is 0. The van der Waals surface area contributed by atoms with Crippen LogP contribution in [0.3, 0.4) is 0 Å². The first-order valence-corrected chi connectivity index (χ1v) is 7.32. The van der Waals surface area contributed by atoms with E-state index in [2.05, 4.69) is 5.32 Å². The molecule has 2 N–H and O–H groups in total. The molecule has 2 rings (SSSR count). The Labute approximate surface area is 145 Å². The fraction of sp³-hybridized carbons (Fsp3) is 0. The van der Waals surface area contributed by atoms with Crippen molar-refractivity contribution in [2.24, 2.45) is 0 Å². The van der Waals surface area contributed by atoms with E-state index < -0.39 is 5.91 Å². The summed E-state index contributed by atoms with van der Waals surface area (Å²) in [4.78, 5) is 12.1. The number of benzene rings is 2. The summed E-state index contributed by atoms with van der Waals surface area (Å²) >= 11 is 29.1. The number of carbonyl (C=O) groups excluding carboxylic acids is 1. The van der Waals surface area contributed by atoms with Gasteiger partial charge in [-0.3, -0.25) is 4.79 Å². The van der Waals surface area contributed by atoms with Crippen LogP contribution < -0.4 is 5.32 Å². The summed E-state index contributed by atoms with van der Waals surface area (Å²) in [5.74, 6) is -0.990. The van der Waals surface area contributed by atoms with E-state index in [1.54, 1.807) is 0 Å². The number of hydrogen-bond donors (Lipinski definition) is 2. The third-order valence-corrected chi connectivity index (χ3v) is 4.22. The van der Waals surface area contributed by atoms with Crippen molar-refractivity contribution in [2.75, 3.05) is 5.32 Å². The van der Waals surface area contributed by atoms with E-state index >= 15 is 0 Å². The summed E-state index contributed by atoms with van der Waals surface area (Å²) in [5, 5.41) is 13.1. The molecular formula is C13H6Cl5NO2. The van der Waals surface area contributed by atoms with Gasteiger partial charge in [-0.2, -0.15) is 0 Å². The number of aromatic hydroxyl groups is 1. The van der Waals surface area contributed by atoms with Crippen molar-refractivity contribution in [1.82, 2.24) is 0 Å². The van der Waals surface area contributed by atoms with Crippen LogP contribution in [0, 0.1) is 0 Å². The van der Waals surface area contributed by atoms with E-state index in [0.717, 1.165) is 0 Å². The molecule has 0 aliphatic heterocycles. The lowest BCUT2D eigenvalue weighted by atomic mass is 10.2. The number of rotatable bonds is 2. The zero-order valence-electron chi connectivity index (χ0n) is 10.1. The lowest BCUT2D eigenvalue weighted by Gasteiger charge is -2.10. The molecule has 1 amide bonds. The molecule has 21 heavy (non-hydrogen) atoms. The van der Waals surface area contributed by atoms with Crippen molar-refractivity contribution < 1.29 is 9.90 Å². The first kappa shape index (κ1) is 16.5. The zero-order chi connectivity index (χ0) is 15.7.